The summed E-state index contributed by atoms with van der Waals surface area (Å²) in [6, 6.07) is 7.84. The molecule has 4 rings (SSSR count). The molecule has 0 radical (unpaired) electrons. The molecule has 0 unspecified atom stereocenters. The van der Waals surface area contributed by atoms with Crippen LogP contribution < -0.4 is 0 Å². The van der Waals surface area contributed by atoms with Gasteiger partial charge < -0.3 is 19.2 Å². The average molecular weight is 371 g/mol. The monoisotopic (exact) mass is 371 g/mol. The minimum absolute atomic E-state index is 0.0235. The van der Waals surface area contributed by atoms with Crippen molar-refractivity contribution >= 4 is 11.7 Å². The molecule has 2 atom stereocenters. The number of ketones is 1. The van der Waals surface area contributed by atoms with Gasteiger partial charge in [-0.1, -0.05) is 18.2 Å². The van der Waals surface area contributed by atoms with E-state index in [1.807, 2.05) is 0 Å². The zero-order valence-electron chi connectivity index (χ0n) is 14.4. The molecule has 2 aliphatic rings. The molecule has 1 aromatic heterocycles. The highest BCUT2D eigenvalue weighted by Gasteiger charge is 2.46. The summed E-state index contributed by atoms with van der Waals surface area (Å²) in [6.45, 7) is 0.755. The Hall–Kier alpha value is -2.93. The van der Waals surface area contributed by atoms with Crippen LogP contribution in [0.15, 0.2) is 58.4 Å². The van der Waals surface area contributed by atoms with Gasteiger partial charge in [-0.2, -0.15) is 0 Å². The molecule has 6 nitrogen and oxygen atoms in total. The molecule has 2 aliphatic heterocycles. The van der Waals surface area contributed by atoms with Crippen LogP contribution in [0.2, 0.25) is 0 Å². The van der Waals surface area contributed by atoms with E-state index in [9.17, 15) is 19.1 Å². The molecule has 0 saturated carbocycles. The smallest absolute Gasteiger partial charge is 0.290 e. The lowest BCUT2D eigenvalue weighted by Crippen LogP contribution is -2.37. The van der Waals surface area contributed by atoms with Crippen molar-refractivity contribution < 1.29 is 28.2 Å². The number of hydrogen-bond donors (Lipinski definition) is 1. The van der Waals surface area contributed by atoms with Crippen LogP contribution in [0.25, 0.3) is 0 Å². The van der Waals surface area contributed by atoms with Gasteiger partial charge in [0.25, 0.3) is 5.91 Å². The maximum atomic E-state index is 14.6. The molecular weight excluding hydrogens is 353 g/mol. The standard InChI is InChI=1S/C20H18FNO5/c21-14-7-2-1-6-13(14)17-16(18(23)15-8-4-10-27-15)19(24)20(25)22(17)11-12-5-3-9-26-12/h1-2,4,6-8,10,12,17,24H,3,5,9,11H2/t12-,17-/m1/s1. The SMILES string of the molecule is O=C(C1=C(O)C(=O)N(C[C@H]2CCCO2)[C@@H]1c1ccccc1F)c1ccco1. The van der Waals surface area contributed by atoms with Crippen LogP contribution in [0.4, 0.5) is 4.39 Å². The molecule has 0 spiro atoms. The van der Waals surface area contributed by atoms with Crippen LogP contribution in [-0.2, 0) is 9.53 Å². The van der Waals surface area contributed by atoms with Crippen LogP contribution in [-0.4, -0.2) is 41.0 Å². The van der Waals surface area contributed by atoms with Crippen molar-refractivity contribution in [2.24, 2.45) is 0 Å². The van der Waals surface area contributed by atoms with E-state index in [0.29, 0.717) is 6.61 Å². The van der Waals surface area contributed by atoms with Gasteiger partial charge in [0.15, 0.2) is 11.5 Å². The Morgan fingerprint density at radius 2 is 2.07 bits per heavy atom. The fraction of sp³-hybridized carbons (Fsp3) is 0.300. The lowest BCUT2D eigenvalue weighted by atomic mass is 9.94. The van der Waals surface area contributed by atoms with E-state index in [2.05, 4.69) is 0 Å². The summed E-state index contributed by atoms with van der Waals surface area (Å²) in [5, 5.41) is 10.5. The van der Waals surface area contributed by atoms with E-state index < -0.39 is 29.3 Å². The Balaban J connectivity index is 1.78. The number of nitrogens with zero attached hydrogens (tertiary/aromatic N) is 1. The molecule has 1 amide bonds. The summed E-state index contributed by atoms with van der Waals surface area (Å²) in [5.41, 5.74) is -0.0409. The molecule has 1 saturated heterocycles. The molecule has 0 bridgehead atoms. The summed E-state index contributed by atoms with van der Waals surface area (Å²) in [4.78, 5) is 26.9. The lowest BCUT2D eigenvalue weighted by molar-refractivity contribution is -0.131. The third-order valence-electron chi connectivity index (χ3n) is 4.92. The number of benzene rings is 1. The van der Waals surface area contributed by atoms with Crippen molar-refractivity contribution in [2.75, 3.05) is 13.2 Å². The van der Waals surface area contributed by atoms with Gasteiger partial charge in [0.1, 0.15) is 5.82 Å². The highest BCUT2D eigenvalue weighted by molar-refractivity contribution is 6.15. The van der Waals surface area contributed by atoms with E-state index in [1.165, 1.54) is 41.5 Å². The van der Waals surface area contributed by atoms with Gasteiger partial charge in [-0.3, -0.25) is 9.59 Å². The Morgan fingerprint density at radius 3 is 2.74 bits per heavy atom. The van der Waals surface area contributed by atoms with Crippen molar-refractivity contribution in [1.29, 1.82) is 0 Å². The Labute approximate surface area is 154 Å². The van der Waals surface area contributed by atoms with E-state index in [-0.39, 0.29) is 29.5 Å². The number of aliphatic hydroxyl groups is 1. The minimum atomic E-state index is -1.04. The van der Waals surface area contributed by atoms with E-state index in [0.717, 1.165) is 12.8 Å². The average Bonchev–Trinajstić information content (AvgIpc) is 3.40. The minimum Gasteiger partial charge on any atom is -0.503 e. The first kappa shape index (κ1) is 17.5. The second-order valence-electron chi connectivity index (χ2n) is 6.59. The zero-order valence-corrected chi connectivity index (χ0v) is 14.4. The number of carbonyl (C=O) groups excluding carboxylic acids is 2. The fourth-order valence-electron chi connectivity index (χ4n) is 3.64. The molecule has 3 heterocycles. The van der Waals surface area contributed by atoms with Crippen molar-refractivity contribution in [3.05, 3.63) is 71.1 Å². The van der Waals surface area contributed by atoms with Crippen molar-refractivity contribution in [2.45, 2.75) is 25.0 Å². The summed E-state index contributed by atoms with van der Waals surface area (Å²) in [5.74, 6) is -2.62. The maximum absolute atomic E-state index is 14.6. The van der Waals surface area contributed by atoms with E-state index in [4.69, 9.17) is 9.15 Å². The number of furan rings is 1. The number of hydrogen-bond acceptors (Lipinski definition) is 5. The largest absolute Gasteiger partial charge is 0.503 e. The van der Waals surface area contributed by atoms with Gasteiger partial charge >= 0.3 is 0 Å². The Morgan fingerprint density at radius 1 is 1.26 bits per heavy atom. The molecule has 27 heavy (non-hydrogen) atoms. The number of ether oxygens (including phenoxy) is 1. The molecule has 140 valence electrons. The van der Waals surface area contributed by atoms with Crippen LogP contribution in [0.1, 0.15) is 35.0 Å². The van der Waals surface area contributed by atoms with Gasteiger partial charge in [-0.25, -0.2) is 4.39 Å². The Kier molecular flexibility index (Phi) is 4.53. The van der Waals surface area contributed by atoms with Gasteiger partial charge in [0.05, 0.1) is 24.0 Å². The number of halogens is 1. The molecule has 7 heteroatoms. The summed E-state index contributed by atoms with van der Waals surface area (Å²) in [7, 11) is 0. The van der Waals surface area contributed by atoms with Crippen LogP contribution in [0, 0.1) is 5.82 Å². The summed E-state index contributed by atoms with van der Waals surface area (Å²) >= 11 is 0. The van der Waals surface area contributed by atoms with Gasteiger partial charge in [-0.05, 0) is 31.0 Å². The molecule has 1 fully saturated rings. The fourth-order valence-corrected chi connectivity index (χ4v) is 3.64. The Bertz CT molecular complexity index is 899. The number of aliphatic hydroxyl groups excluding tert-OH is 1. The van der Waals surface area contributed by atoms with Crippen molar-refractivity contribution in [3.63, 3.8) is 0 Å². The molecular formula is C20H18FNO5. The third-order valence-corrected chi connectivity index (χ3v) is 4.92. The van der Waals surface area contributed by atoms with Crippen molar-refractivity contribution in [3.8, 4) is 0 Å². The highest BCUT2D eigenvalue weighted by Crippen LogP contribution is 2.40. The first-order valence-electron chi connectivity index (χ1n) is 8.76. The van der Waals surface area contributed by atoms with Crippen molar-refractivity contribution in [1.82, 2.24) is 4.90 Å². The quantitative estimate of drug-likeness (QED) is 0.817. The predicted molar refractivity (Wildman–Crippen MR) is 92.5 cm³/mol. The van der Waals surface area contributed by atoms with Gasteiger partial charge in [0.2, 0.25) is 5.78 Å². The molecule has 1 aromatic carbocycles. The molecule has 2 aromatic rings. The van der Waals surface area contributed by atoms with E-state index >= 15 is 0 Å². The number of carbonyl (C=O) groups is 2. The first-order valence-corrected chi connectivity index (χ1v) is 8.76. The van der Waals surface area contributed by atoms with Crippen LogP contribution in [0.5, 0.6) is 0 Å². The third kappa shape index (κ3) is 3.04. The van der Waals surface area contributed by atoms with Gasteiger partial charge in [0, 0.05) is 18.7 Å². The van der Waals surface area contributed by atoms with Gasteiger partial charge in [-0.15, -0.1) is 0 Å². The number of Topliss-reactive ketones (excluding diaryl/α,β-unsaturated/α-hetero) is 1. The number of amides is 1. The van der Waals surface area contributed by atoms with E-state index in [1.54, 1.807) is 6.07 Å². The summed E-state index contributed by atoms with van der Waals surface area (Å²) < 4.78 is 25.3. The predicted octanol–water partition coefficient (Wildman–Crippen LogP) is 3.18. The maximum Gasteiger partial charge on any atom is 0.290 e. The normalized spacial score (nSPS) is 22.7. The number of rotatable bonds is 5. The van der Waals surface area contributed by atoms with Crippen LogP contribution >= 0.6 is 0 Å². The van der Waals surface area contributed by atoms with Crippen LogP contribution in [0.3, 0.4) is 0 Å². The topological polar surface area (TPSA) is 80.0 Å². The molecule has 1 N–H and O–H groups in total. The second-order valence-corrected chi connectivity index (χ2v) is 6.59. The lowest BCUT2D eigenvalue weighted by Gasteiger charge is -2.28. The second kappa shape index (κ2) is 7.00. The molecule has 0 aliphatic carbocycles. The highest BCUT2D eigenvalue weighted by atomic mass is 19.1. The first-order chi connectivity index (χ1) is 13.1. The zero-order chi connectivity index (χ0) is 19.0. The summed E-state index contributed by atoms with van der Waals surface area (Å²) in [6.07, 6.45) is 2.74.